The van der Waals surface area contributed by atoms with E-state index in [0.717, 1.165) is 54.8 Å². The van der Waals surface area contributed by atoms with Crippen molar-refractivity contribution in [3.63, 3.8) is 0 Å². The van der Waals surface area contributed by atoms with Gasteiger partial charge in [0.25, 0.3) is 5.91 Å². The van der Waals surface area contributed by atoms with Gasteiger partial charge in [0.05, 0.1) is 22.8 Å². The summed E-state index contributed by atoms with van der Waals surface area (Å²) >= 11 is 5.80. The number of aromatic nitrogens is 2. The van der Waals surface area contributed by atoms with Crippen LogP contribution in [0.1, 0.15) is 46.6 Å². The molecule has 3 rings (SSSR count). The molecule has 0 radical (unpaired) electrons. The fourth-order valence-electron chi connectivity index (χ4n) is 2.83. The van der Waals surface area contributed by atoms with E-state index in [1.807, 2.05) is 0 Å². The summed E-state index contributed by atoms with van der Waals surface area (Å²) in [6.45, 7) is 0.222. The van der Waals surface area contributed by atoms with Gasteiger partial charge in [0.2, 0.25) is 0 Å². The number of hydrogen-bond acceptors (Lipinski definition) is 2. The maximum Gasteiger partial charge on any atom is 0.253 e. The van der Waals surface area contributed by atoms with E-state index in [1.165, 1.54) is 6.42 Å². The standard InChI is InChI=1S/C16H16ClF2N3O/c17-11-7-13(19)12(18)6-10(11)16(23)20-8-15-9-4-2-1-3-5-14(9)21-22-15/h6-7H,1-5,8H2,(H,20,23)(H,21,22). The van der Waals surface area contributed by atoms with Crippen molar-refractivity contribution in [2.45, 2.75) is 38.6 Å². The summed E-state index contributed by atoms with van der Waals surface area (Å²) in [5, 5.41) is 9.81. The van der Waals surface area contributed by atoms with Crippen LogP contribution in [0.5, 0.6) is 0 Å². The summed E-state index contributed by atoms with van der Waals surface area (Å²) in [5.41, 5.74) is 2.97. The average Bonchev–Trinajstić information content (AvgIpc) is 2.75. The van der Waals surface area contributed by atoms with Crippen molar-refractivity contribution in [2.24, 2.45) is 0 Å². The fourth-order valence-corrected chi connectivity index (χ4v) is 3.06. The van der Waals surface area contributed by atoms with Gasteiger partial charge in [-0.25, -0.2) is 8.78 Å². The highest BCUT2D eigenvalue weighted by Gasteiger charge is 2.18. The van der Waals surface area contributed by atoms with Crippen molar-refractivity contribution in [1.82, 2.24) is 15.5 Å². The average molecular weight is 340 g/mol. The van der Waals surface area contributed by atoms with Crippen LogP contribution in [-0.2, 0) is 19.4 Å². The molecule has 2 N–H and O–H groups in total. The third kappa shape index (κ3) is 3.37. The van der Waals surface area contributed by atoms with Crippen LogP contribution in [0.15, 0.2) is 12.1 Å². The van der Waals surface area contributed by atoms with Crippen LogP contribution in [0.3, 0.4) is 0 Å². The molecule has 0 atom stereocenters. The number of amides is 1. The molecule has 7 heteroatoms. The van der Waals surface area contributed by atoms with E-state index < -0.39 is 17.5 Å². The number of hydrogen-bond donors (Lipinski definition) is 2. The third-order valence-corrected chi connectivity index (χ3v) is 4.38. The van der Waals surface area contributed by atoms with Crippen molar-refractivity contribution < 1.29 is 13.6 Å². The van der Waals surface area contributed by atoms with Gasteiger partial charge in [-0.15, -0.1) is 0 Å². The Kier molecular flexibility index (Phi) is 4.61. The number of benzene rings is 1. The van der Waals surface area contributed by atoms with Crippen molar-refractivity contribution in [2.75, 3.05) is 0 Å². The highest BCUT2D eigenvalue weighted by molar-refractivity contribution is 6.33. The zero-order valence-corrected chi connectivity index (χ0v) is 13.1. The molecule has 4 nitrogen and oxygen atoms in total. The molecule has 1 aromatic carbocycles. The summed E-state index contributed by atoms with van der Waals surface area (Å²) in [5.74, 6) is -2.74. The van der Waals surface area contributed by atoms with Crippen molar-refractivity contribution in [3.05, 3.63) is 51.3 Å². The Bertz CT molecular complexity index is 745. The van der Waals surface area contributed by atoms with E-state index in [0.29, 0.717) is 0 Å². The summed E-state index contributed by atoms with van der Waals surface area (Å²) in [4.78, 5) is 12.1. The molecule has 0 bridgehead atoms. The lowest BCUT2D eigenvalue weighted by Gasteiger charge is -2.07. The number of fused-ring (bicyclic) bond motifs is 1. The molecule has 23 heavy (non-hydrogen) atoms. The minimum absolute atomic E-state index is 0.0906. The first-order valence-electron chi connectivity index (χ1n) is 7.54. The van der Waals surface area contributed by atoms with Crippen LogP contribution in [-0.4, -0.2) is 16.1 Å². The van der Waals surface area contributed by atoms with Crippen LogP contribution in [0.2, 0.25) is 5.02 Å². The largest absolute Gasteiger partial charge is 0.346 e. The van der Waals surface area contributed by atoms with Crippen LogP contribution in [0, 0.1) is 11.6 Å². The Morgan fingerprint density at radius 1 is 1.22 bits per heavy atom. The Hall–Kier alpha value is -1.95. The second-order valence-electron chi connectivity index (χ2n) is 5.62. The maximum atomic E-state index is 13.3. The predicted octanol–water partition coefficient (Wildman–Crippen LogP) is 3.54. The van der Waals surface area contributed by atoms with Crippen LogP contribution >= 0.6 is 11.6 Å². The first-order chi connectivity index (χ1) is 11.1. The molecule has 2 aromatic rings. The van der Waals surface area contributed by atoms with Crippen molar-refractivity contribution >= 4 is 17.5 Å². The Balaban J connectivity index is 1.73. The molecule has 1 aromatic heterocycles. The minimum Gasteiger partial charge on any atom is -0.346 e. The number of halogens is 3. The van der Waals surface area contributed by atoms with Gasteiger partial charge in [0, 0.05) is 5.69 Å². The monoisotopic (exact) mass is 339 g/mol. The van der Waals surface area contributed by atoms with Gasteiger partial charge in [0.15, 0.2) is 11.6 Å². The minimum atomic E-state index is -1.10. The van der Waals surface area contributed by atoms with Gasteiger partial charge in [-0.1, -0.05) is 18.0 Å². The maximum absolute atomic E-state index is 13.3. The first-order valence-corrected chi connectivity index (χ1v) is 7.92. The van der Waals surface area contributed by atoms with Crippen molar-refractivity contribution in [1.29, 1.82) is 0 Å². The van der Waals surface area contributed by atoms with Gasteiger partial charge in [-0.05, 0) is 43.4 Å². The van der Waals surface area contributed by atoms with Gasteiger partial charge >= 0.3 is 0 Å². The smallest absolute Gasteiger partial charge is 0.253 e. The second-order valence-corrected chi connectivity index (χ2v) is 6.02. The zero-order chi connectivity index (χ0) is 16.4. The van der Waals surface area contributed by atoms with E-state index in [-0.39, 0.29) is 17.1 Å². The van der Waals surface area contributed by atoms with Crippen molar-refractivity contribution in [3.8, 4) is 0 Å². The first kappa shape index (κ1) is 15.9. The molecule has 1 aliphatic carbocycles. The molecule has 0 unspecified atom stereocenters. The van der Waals surface area contributed by atoms with E-state index in [4.69, 9.17) is 11.6 Å². The summed E-state index contributed by atoms with van der Waals surface area (Å²) in [7, 11) is 0. The van der Waals surface area contributed by atoms with E-state index in [9.17, 15) is 13.6 Å². The number of aromatic amines is 1. The lowest BCUT2D eigenvalue weighted by atomic mass is 10.1. The highest BCUT2D eigenvalue weighted by Crippen LogP contribution is 2.22. The SMILES string of the molecule is O=C(NCc1n[nH]c2c1CCCCC2)c1cc(F)c(F)cc1Cl. The van der Waals surface area contributed by atoms with Crippen LogP contribution in [0.4, 0.5) is 8.78 Å². The molecule has 1 heterocycles. The molecular formula is C16H16ClF2N3O. The van der Waals surface area contributed by atoms with Gasteiger partial charge in [0.1, 0.15) is 0 Å². The van der Waals surface area contributed by atoms with Gasteiger partial charge in [-0.3, -0.25) is 9.89 Å². The summed E-state index contributed by atoms with van der Waals surface area (Å²) in [6, 6.07) is 1.60. The molecule has 0 aliphatic heterocycles. The topological polar surface area (TPSA) is 57.8 Å². The molecule has 0 spiro atoms. The Labute approximate surface area is 137 Å². The van der Waals surface area contributed by atoms with Crippen LogP contribution < -0.4 is 5.32 Å². The summed E-state index contributed by atoms with van der Waals surface area (Å²) < 4.78 is 26.3. The van der Waals surface area contributed by atoms with E-state index in [2.05, 4.69) is 15.5 Å². The molecule has 122 valence electrons. The zero-order valence-electron chi connectivity index (χ0n) is 12.4. The molecular weight excluding hydrogens is 324 g/mol. The normalized spacial score (nSPS) is 14.2. The van der Waals surface area contributed by atoms with Gasteiger partial charge < -0.3 is 5.32 Å². The number of nitrogens with one attached hydrogen (secondary N) is 2. The van der Waals surface area contributed by atoms with E-state index >= 15 is 0 Å². The number of carbonyl (C=O) groups is 1. The number of carbonyl (C=O) groups excluding carboxylic acids is 1. The number of aryl methyl sites for hydroxylation is 1. The molecule has 1 amide bonds. The molecule has 0 saturated heterocycles. The Morgan fingerprint density at radius 3 is 2.78 bits per heavy atom. The van der Waals surface area contributed by atoms with Gasteiger partial charge in [-0.2, -0.15) is 5.10 Å². The lowest BCUT2D eigenvalue weighted by molar-refractivity contribution is 0.0950. The lowest BCUT2D eigenvalue weighted by Crippen LogP contribution is -2.24. The molecule has 1 aliphatic rings. The summed E-state index contributed by atoms with van der Waals surface area (Å²) in [6.07, 6.45) is 5.31. The molecule has 0 saturated carbocycles. The third-order valence-electron chi connectivity index (χ3n) is 4.06. The fraction of sp³-hybridized carbons (Fsp3) is 0.375. The quantitative estimate of drug-likeness (QED) is 0.663. The predicted molar refractivity (Wildman–Crippen MR) is 82.4 cm³/mol. The number of H-pyrrole nitrogens is 1. The number of nitrogens with zero attached hydrogens (tertiary/aromatic N) is 1. The highest BCUT2D eigenvalue weighted by atomic mass is 35.5. The Morgan fingerprint density at radius 2 is 1.96 bits per heavy atom. The molecule has 0 fully saturated rings. The second kappa shape index (κ2) is 6.66. The van der Waals surface area contributed by atoms with Crippen LogP contribution in [0.25, 0.3) is 0 Å². The number of rotatable bonds is 3. The van der Waals surface area contributed by atoms with E-state index in [1.54, 1.807) is 0 Å².